The van der Waals surface area contributed by atoms with Crippen LogP contribution in [0.3, 0.4) is 0 Å². The van der Waals surface area contributed by atoms with Crippen molar-refractivity contribution in [3.8, 4) is 5.75 Å². The summed E-state index contributed by atoms with van der Waals surface area (Å²) in [5.74, 6) is 1.68. The number of carbonyl (C=O) groups excluding carboxylic acids is 1. The highest BCUT2D eigenvalue weighted by molar-refractivity contribution is 9.10. The fourth-order valence-electron chi connectivity index (χ4n) is 4.03. The lowest BCUT2D eigenvalue weighted by Gasteiger charge is -2.34. The van der Waals surface area contributed by atoms with Gasteiger partial charge in [-0.25, -0.2) is 0 Å². The normalized spacial score (nSPS) is 19.9. The second-order valence-corrected chi connectivity index (χ2v) is 8.87. The van der Waals surface area contributed by atoms with E-state index in [1.165, 1.54) is 5.56 Å². The van der Waals surface area contributed by atoms with Gasteiger partial charge in [0.25, 0.3) is 6.47 Å². The molecule has 3 unspecified atom stereocenters. The minimum atomic E-state index is 0.168. The SMILES string of the molecule is O=COCc1ccccc1.OCC1CC(Oc2ccccc2)CC(c2ccc(Br)cc2)C1. The van der Waals surface area contributed by atoms with E-state index < -0.39 is 0 Å². The van der Waals surface area contributed by atoms with Crippen LogP contribution in [0.2, 0.25) is 0 Å². The molecule has 0 bridgehead atoms. The molecular formula is C27H29BrO4. The molecule has 0 heterocycles. The molecule has 4 rings (SSSR count). The number of aliphatic hydroxyl groups is 1. The van der Waals surface area contributed by atoms with Crippen LogP contribution in [-0.2, 0) is 16.1 Å². The summed E-state index contributed by atoms with van der Waals surface area (Å²) in [6, 6.07) is 28.0. The minimum absolute atomic E-state index is 0.168. The van der Waals surface area contributed by atoms with E-state index in [-0.39, 0.29) is 12.7 Å². The first-order valence-electron chi connectivity index (χ1n) is 10.8. The van der Waals surface area contributed by atoms with E-state index in [0.29, 0.717) is 24.9 Å². The summed E-state index contributed by atoms with van der Waals surface area (Å²) in [6.07, 6.45) is 3.14. The summed E-state index contributed by atoms with van der Waals surface area (Å²) in [5.41, 5.74) is 2.35. The van der Waals surface area contributed by atoms with E-state index in [4.69, 9.17) is 4.74 Å². The molecule has 0 saturated heterocycles. The molecule has 1 N–H and O–H groups in total. The highest BCUT2D eigenvalue weighted by Gasteiger charge is 2.30. The van der Waals surface area contributed by atoms with Gasteiger partial charge in [0.05, 0.1) is 6.10 Å². The number of rotatable bonds is 7. The van der Waals surface area contributed by atoms with Crippen LogP contribution in [0.1, 0.15) is 36.3 Å². The number of hydrogen-bond donors (Lipinski definition) is 1. The molecule has 1 aliphatic carbocycles. The molecule has 1 fully saturated rings. The van der Waals surface area contributed by atoms with Crippen LogP contribution < -0.4 is 4.74 Å². The predicted molar refractivity (Wildman–Crippen MR) is 129 cm³/mol. The van der Waals surface area contributed by atoms with E-state index >= 15 is 0 Å². The maximum Gasteiger partial charge on any atom is 0.293 e. The summed E-state index contributed by atoms with van der Waals surface area (Å²) >= 11 is 3.49. The Bertz CT molecular complexity index is 915. The van der Waals surface area contributed by atoms with Gasteiger partial charge in [0.2, 0.25) is 0 Å². The van der Waals surface area contributed by atoms with Gasteiger partial charge in [0.15, 0.2) is 0 Å². The Morgan fingerprint density at radius 1 is 0.875 bits per heavy atom. The average molecular weight is 497 g/mol. The third kappa shape index (κ3) is 7.81. The van der Waals surface area contributed by atoms with Gasteiger partial charge < -0.3 is 14.6 Å². The predicted octanol–water partition coefficient (Wildman–Crippen LogP) is 6.13. The van der Waals surface area contributed by atoms with Gasteiger partial charge in [-0.05, 0) is 66.5 Å². The van der Waals surface area contributed by atoms with Crippen molar-refractivity contribution in [1.82, 2.24) is 0 Å². The lowest BCUT2D eigenvalue weighted by molar-refractivity contribution is -0.129. The molecular weight excluding hydrogens is 468 g/mol. The maximum atomic E-state index is 9.76. The van der Waals surface area contributed by atoms with Crippen molar-refractivity contribution in [2.24, 2.45) is 5.92 Å². The fourth-order valence-corrected chi connectivity index (χ4v) is 4.29. The van der Waals surface area contributed by atoms with E-state index in [1.54, 1.807) is 0 Å². The molecule has 5 heteroatoms. The summed E-state index contributed by atoms with van der Waals surface area (Å²) < 4.78 is 11.8. The van der Waals surface area contributed by atoms with E-state index in [0.717, 1.165) is 35.0 Å². The average Bonchev–Trinajstić information content (AvgIpc) is 2.84. The number of carbonyl (C=O) groups is 1. The summed E-state index contributed by atoms with van der Waals surface area (Å²) in [4.78, 5) is 9.76. The van der Waals surface area contributed by atoms with Crippen LogP contribution >= 0.6 is 15.9 Å². The molecule has 1 aliphatic rings. The quantitative estimate of drug-likeness (QED) is 0.399. The molecule has 4 nitrogen and oxygen atoms in total. The van der Waals surface area contributed by atoms with Gasteiger partial charge >= 0.3 is 0 Å². The first kappa shape index (κ1) is 24.0. The topological polar surface area (TPSA) is 55.8 Å². The molecule has 168 valence electrons. The highest BCUT2D eigenvalue weighted by Crippen LogP contribution is 2.38. The van der Waals surface area contributed by atoms with Gasteiger partial charge in [0.1, 0.15) is 12.4 Å². The Labute approximate surface area is 198 Å². The highest BCUT2D eigenvalue weighted by atomic mass is 79.9. The first-order valence-corrected chi connectivity index (χ1v) is 11.6. The summed E-state index contributed by atoms with van der Waals surface area (Å²) in [7, 11) is 0. The molecule has 0 amide bonds. The van der Waals surface area contributed by atoms with Gasteiger partial charge in [-0.3, -0.25) is 4.79 Å². The van der Waals surface area contributed by atoms with E-state index in [9.17, 15) is 9.90 Å². The Kier molecular flexibility index (Phi) is 9.79. The Morgan fingerprint density at radius 2 is 1.53 bits per heavy atom. The number of hydrogen-bond acceptors (Lipinski definition) is 4. The molecule has 3 aromatic carbocycles. The monoisotopic (exact) mass is 496 g/mol. The lowest BCUT2D eigenvalue weighted by Crippen LogP contribution is -2.31. The van der Waals surface area contributed by atoms with Crippen LogP contribution in [0.25, 0.3) is 0 Å². The van der Waals surface area contributed by atoms with Gasteiger partial charge in [0, 0.05) is 11.1 Å². The molecule has 0 aliphatic heterocycles. The largest absolute Gasteiger partial charge is 0.490 e. The molecule has 0 aromatic heterocycles. The number of halogens is 1. The van der Waals surface area contributed by atoms with Crippen molar-refractivity contribution in [3.05, 3.63) is 101 Å². The van der Waals surface area contributed by atoms with Crippen molar-refractivity contribution in [2.75, 3.05) is 6.61 Å². The molecule has 32 heavy (non-hydrogen) atoms. The summed E-state index contributed by atoms with van der Waals surface area (Å²) in [5, 5.41) is 9.62. The Balaban J connectivity index is 0.000000243. The number of benzene rings is 3. The van der Waals surface area contributed by atoms with Crippen LogP contribution in [-0.4, -0.2) is 24.3 Å². The van der Waals surface area contributed by atoms with Gasteiger partial charge in [-0.15, -0.1) is 0 Å². The fraction of sp³-hybridized carbons (Fsp3) is 0.296. The molecule has 3 atom stereocenters. The van der Waals surface area contributed by atoms with Crippen molar-refractivity contribution < 1.29 is 19.4 Å². The third-order valence-electron chi connectivity index (χ3n) is 5.57. The molecule has 0 radical (unpaired) electrons. The number of para-hydroxylation sites is 1. The summed E-state index contributed by atoms with van der Waals surface area (Å²) in [6.45, 7) is 1.05. The van der Waals surface area contributed by atoms with Crippen molar-refractivity contribution in [3.63, 3.8) is 0 Å². The van der Waals surface area contributed by atoms with Crippen LogP contribution in [0.4, 0.5) is 0 Å². The number of ether oxygens (including phenoxy) is 2. The van der Waals surface area contributed by atoms with Gasteiger partial charge in [-0.1, -0.05) is 76.6 Å². The van der Waals surface area contributed by atoms with E-state index in [1.807, 2.05) is 60.7 Å². The van der Waals surface area contributed by atoms with Crippen molar-refractivity contribution >= 4 is 22.4 Å². The number of aliphatic hydroxyl groups excluding tert-OH is 1. The van der Waals surface area contributed by atoms with Crippen LogP contribution in [0.5, 0.6) is 5.75 Å². The van der Waals surface area contributed by atoms with Crippen LogP contribution in [0.15, 0.2) is 89.4 Å². The molecule has 0 spiro atoms. The molecule has 1 saturated carbocycles. The second-order valence-electron chi connectivity index (χ2n) is 7.95. The van der Waals surface area contributed by atoms with E-state index in [2.05, 4.69) is 44.9 Å². The standard InChI is InChI=1S/C19H21BrO2.C8H8O2/c20-17-8-6-15(7-9-17)16-10-14(13-21)11-19(12-16)22-18-4-2-1-3-5-18;9-7-10-6-8-4-2-1-3-5-8/h1-9,14,16,19,21H,10-13H2;1-5,7H,6H2. The second kappa shape index (κ2) is 13.0. The van der Waals surface area contributed by atoms with Crippen LogP contribution in [0, 0.1) is 5.92 Å². The van der Waals surface area contributed by atoms with Crippen molar-refractivity contribution in [2.45, 2.75) is 37.9 Å². The zero-order valence-corrected chi connectivity index (χ0v) is 19.6. The zero-order valence-electron chi connectivity index (χ0n) is 18.0. The third-order valence-corrected chi connectivity index (χ3v) is 6.10. The van der Waals surface area contributed by atoms with Gasteiger partial charge in [-0.2, -0.15) is 0 Å². The lowest BCUT2D eigenvalue weighted by atomic mass is 9.77. The Hall–Kier alpha value is -2.63. The van der Waals surface area contributed by atoms with Crippen molar-refractivity contribution in [1.29, 1.82) is 0 Å². The smallest absolute Gasteiger partial charge is 0.293 e. The first-order chi connectivity index (χ1) is 15.7. The molecule has 3 aromatic rings. The minimum Gasteiger partial charge on any atom is -0.490 e. The zero-order chi connectivity index (χ0) is 22.6. The Morgan fingerprint density at radius 3 is 2.16 bits per heavy atom. The maximum absolute atomic E-state index is 9.76.